The number of aromatic nitrogens is 3. The van der Waals surface area contributed by atoms with E-state index in [9.17, 15) is 4.79 Å². The second kappa shape index (κ2) is 5.65. The van der Waals surface area contributed by atoms with Crippen LogP contribution in [0.15, 0.2) is 0 Å². The zero-order valence-electron chi connectivity index (χ0n) is 10.2. The molecule has 0 fully saturated rings. The van der Waals surface area contributed by atoms with Crippen molar-refractivity contribution in [2.45, 2.75) is 32.4 Å². The van der Waals surface area contributed by atoms with Crippen LogP contribution in [0.25, 0.3) is 0 Å². The fourth-order valence-electron chi connectivity index (χ4n) is 2.17. The Kier molecular flexibility index (Phi) is 3.95. The Morgan fingerprint density at radius 3 is 3.06 bits per heavy atom. The van der Waals surface area contributed by atoms with Crippen LogP contribution in [-0.4, -0.2) is 43.8 Å². The Morgan fingerprint density at radius 2 is 2.33 bits per heavy atom. The number of hydrogen-bond donors (Lipinski definition) is 1. The van der Waals surface area contributed by atoms with Gasteiger partial charge in [-0.15, -0.1) is 16.6 Å². The third-order valence-corrected chi connectivity index (χ3v) is 2.97. The quantitative estimate of drug-likeness (QED) is 0.750. The van der Waals surface area contributed by atoms with Crippen molar-refractivity contribution in [3.8, 4) is 12.3 Å². The van der Waals surface area contributed by atoms with E-state index < -0.39 is 5.97 Å². The molecule has 6 nitrogen and oxygen atoms in total. The lowest BCUT2D eigenvalue weighted by atomic mass is 10.1. The number of terminal acetylenes is 1. The molecule has 96 valence electrons. The van der Waals surface area contributed by atoms with E-state index in [-0.39, 0.29) is 6.54 Å². The van der Waals surface area contributed by atoms with Crippen LogP contribution in [-0.2, 0) is 24.3 Å². The summed E-state index contributed by atoms with van der Waals surface area (Å²) in [6.07, 6.45) is 8.45. The largest absolute Gasteiger partial charge is 0.480 e. The minimum atomic E-state index is -0.886. The zero-order chi connectivity index (χ0) is 13.0. The van der Waals surface area contributed by atoms with Gasteiger partial charge >= 0.3 is 5.97 Å². The molecule has 0 unspecified atom stereocenters. The van der Waals surface area contributed by atoms with Crippen LogP contribution in [0.5, 0.6) is 0 Å². The number of hydrogen-bond acceptors (Lipinski definition) is 4. The predicted molar refractivity (Wildman–Crippen MR) is 64.7 cm³/mol. The van der Waals surface area contributed by atoms with E-state index in [1.807, 2.05) is 0 Å². The second-order valence-electron chi connectivity index (χ2n) is 4.38. The molecule has 0 aliphatic carbocycles. The van der Waals surface area contributed by atoms with Crippen molar-refractivity contribution in [3.05, 3.63) is 11.6 Å². The van der Waals surface area contributed by atoms with Gasteiger partial charge < -0.3 is 9.67 Å². The topological polar surface area (TPSA) is 71.2 Å². The smallest absolute Gasteiger partial charge is 0.317 e. The highest BCUT2D eigenvalue weighted by Crippen LogP contribution is 2.15. The lowest BCUT2D eigenvalue weighted by Crippen LogP contribution is -2.31. The van der Waals surface area contributed by atoms with Gasteiger partial charge in [-0.2, -0.15) is 0 Å². The zero-order valence-corrected chi connectivity index (χ0v) is 10.2. The summed E-state index contributed by atoms with van der Waals surface area (Å²) < 4.78 is 2.08. The van der Waals surface area contributed by atoms with E-state index >= 15 is 0 Å². The molecule has 0 saturated heterocycles. The molecule has 1 aromatic rings. The summed E-state index contributed by atoms with van der Waals surface area (Å²) in [5.41, 5.74) is 0. The van der Waals surface area contributed by atoms with Crippen LogP contribution in [0, 0.1) is 12.3 Å². The first-order chi connectivity index (χ1) is 8.70. The molecule has 2 rings (SSSR count). The monoisotopic (exact) mass is 248 g/mol. The van der Waals surface area contributed by atoms with Crippen LogP contribution in [0.2, 0.25) is 0 Å². The number of carboxylic acid groups (broad SMARTS) is 1. The Morgan fingerprint density at radius 1 is 1.50 bits per heavy atom. The van der Waals surface area contributed by atoms with Gasteiger partial charge in [0.2, 0.25) is 0 Å². The van der Waals surface area contributed by atoms with Crippen molar-refractivity contribution in [3.63, 3.8) is 0 Å². The fraction of sp³-hybridized carbons (Fsp3) is 0.583. The van der Waals surface area contributed by atoms with Crippen molar-refractivity contribution in [2.24, 2.45) is 0 Å². The maximum absolute atomic E-state index is 10.7. The van der Waals surface area contributed by atoms with E-state index in [0.29, 0.717) is 13.1 Å². The van der Waals surface area contributed by atoms with E-state index in [2.05, 4.69) is 20.7 Å². The van der Waals surface area contributed by atoms with Crippen LogP contribution >= 0.6 is 0 Å². The summed E-state index contributed by atoms with van der Waals surface area (Å²) >= 11 is 0. The molecule has 6 heteroatoms. The Balaban J connectivity index is 2.09. The molecule has 0 spiro atoms. The average Bonchev–Trinajstić information content (AvgIpc) is 2.72. The molecule has 0 radical (unpaired) electrons. The van der Waals surface area contributed by atoms with E-state index in [1.165, 1.54) is 0 Å². The number of aliphatic carboxylic acids is 1. The summed E-state index contributed by atoms with van der Waals surface area (Å²) in [6, 6.07) is 0. The third-order valence-electron chi connectivity index (χ3n) is 2.97. The average molecular weight is 248 g/mol. The van der Waals surface area contributed by atoms with Gasteiger partial charge in [-0.3, -0.25) is 9.69 Å². The summed E-state index contributed by atoms with van der Waals surface area (Å²) in [4.78, 5) is 12.4. The highest BCUT2D eigenvalue weighted by Gasteiger charge is 2.18. The lowest BCUT2D eigenvalue weighted by Gasteiger charge is -2.19. The predicted octanol–water partition coefficient (Wildman–Crippen LogP) is 0.134. The SMILES string of the molecule is C#CCN(CC(=O)O)Cc1nnc2n1CCCC2. The van der Waals surface area contributed by atoms with Gasteiger partial charge in [0.25, 0.3) is 0 Å². The maximum Gasteiger partial charge on any atom is 0.317 e. The molecule has 0 atom stereocenters. The maximum atomic E-state index is 10.7. The minimum Gasteiger partial charge on any atom is -0.480 e. The molecule has 0 aromatic carbocycles. The van der Waals surface area contributed by atoms with Crippen molar-refractivity contribution in [1.29, 1.82) is 0 Å². The van der Waals surface area contributed by atoms with Gasteiger partial charge in [0.1, 0.15) is 11.6 Å². The van der Waals surface area contributed by atoms with Gasteiger partial charge in [-0.1, -0.05) is 5.92 Å². The molecule has 0 saturated carbocycles. The van der Waals surface area contributed by atoms with Gasteiger partial charge in [0.05, 0.1) is 19.6 Å². The van der Waals surface area contributed by atoms with Crippen molar-refractivity contribution in [2.75, 3.05) is 13.1 Å². The molecule has 1 aromatic heterocycles. The lowest BCUT2D eigenvalue weighted by molar-refractivity contribution is -0.138. The second-order valence-corrected chi connectivity index (χ2v) is 4.38. The minimum absolute atomic E-state index is 0.0770. The first-order valence-electron chi connectivity index (χ1n) is 5.99. The summed E-state index contributed by atoms with van der Waals surface area (Å²) in [7, 11) is 0. The van der Waals surface area contributed by atoms with Gasteiger partial charge in [-0.25, -0.2) is 0 Å². The molecular formula is C12H16N4O2. The van der Waals surface area contributed by atoms with Crippen LogP contribution in [0.3, 0.4) is 0 Å². The highest BCUT2D eigenvalue weighted by atomic mass is 16.4. The van der Waals surface area contributed by atoms with Crippen molar-refractivity contribution < 1.29 is 9.90 Å². The summed E-state index contributed by atoms with van der Waals surface area (Å²) in [6.45, 7) is 1.57. The molecule has 1 aliphatic heterocycles. The number of carboxylic acids is 1. The first-order valence-corrected chi connectivity index (χ1v) is 5.99. The fourth-order valence-corrected chi connectivity index (χ4v) is 2.17. The van der Waals surface area contributed by atoms with E-state index in [4.69, 9.17) is 11.5 Å². The number of nitrogens with zero attached hydrogens (tertiary/aromatic N) is 4. The molecule has 1 N–H and O–H groups in total. The Hall–Kier alpha value is -1.87. The van der Waals surface area contributed by atoms with Crippen LogP contribution < -0.4 is 0 Å². The van der Waals surface area contributed by atoms with Crippen molar-refractivity contribution in [1.82, 2.24) is 19.7 Å². The number of rotatable bonds is 5. The number of fused-ring (bicyclic) bond motifs is 1. The molecule has 2 heterocycles. The van der Waals surface area contributed by atoms with Gasteiger partial charge in [0.15, 0.2) is 0 Å². The highest BCUT2D eigenvalue weighted by molar-refractivity contribution is 5.69. The van der Waals surface area contributed by atoms with Crippen molar-refractivity contribution >= 4 is 5.97 Å². The van der Waals surface area contributed by atoms with Crippen LogP contribution in [0.1, 0.15) is 24.5 Å². The molecule has 0 amide bonds. The Labute approximate surface area is 106 Å². The third kappa shape index (κ3) is 2.87. The van der Waals surface area contributed by atoms with E-state index in [1.54, 1.807) is 4.90 Å². The Bertz CT molecular complexity index is 475. The molecule has 18 heavy (non-hydrogen) atoms. The van der Waals surface area contributed by atoms with Gasteiger partial charge in [-0.05, 0) is 12.8 Å². The number of aryl methyl sites for hydroxylation is 1. The van der Waals surface area contributed by atoms with E-state index in [0.717, 1.165) is 37.5 Å². The molecule has 0 bridgehead atoms. The standard InChI is InChI=1S/C12H16N4O2/c1-2-6-15(9-12(17)18)8-11-14-13-10-5-3-4-7-16(10)11/h1H,3-9H2,(H,17,18). The normalized spacial score (nSPS) is 14.2. The van der Waals surface area contributed by atoms with Crippen LogP contribution in [0.4, 0.5) is 0 Å². The summed E-state index contributed by atoms with van der Waals surface area (Å²) in [5.74, 6) is 3.38. The van der Waals surface area contributed by atoms with Gasteiger partial charge in [0, 0.05) is 13.0 Å². The first kappa shape index (κ1) is 12.6. The summed E-state index contributed by atoms with van der Waals surface area (Å²) in [5, 5.41) is 17.1. The molecular weight excluding hydrogens is 232 g/mol. The molecule has 1 aliphatic rings. The number of carbonyl (C=O) groups is 1.